The first-order valence-corrected chi connectivity index (χ1v) is 10.9. The van der Waals surface area contributed by atoms with Crippen LogP contribution in [0, 0.1) is 0 Å². The van der Waals surface area contributed by atoms with Gasteiger partial charge in [0.25, 0.3) is 5.91 Å². The number of amides is 1. The molecule has 1 amide bonds. The molecular formula is C25H23N3O2S. The average Bonchev–Trinajstić information content (AvgIpc) is 3.28. The van der Waals surface area contributed by atoms with E-state index in [4.69, 9.17) is 4.74 Å². The predicted octanol–water partition coefficient (Wildman–Crippen LogP) is 6.38. The Morgan fingerprint density at radius 3 is 2.61 bits per heavy atom. The third-order valence-electron chi connectivity index (χ3n) is 4.89. The number of hydrogen-bond donors (Lipinski definition) is 2. The van der Waals surface area contributed by atoms with Gasteiger partial charge in [0.2, 0.25) is 0 Å². The van der Waals surface area contributed by atoms with Gasteiger partial charge in [0, 0.05) is 22.2 Å². The highest BCUT2D eigenvalue weighted by Crippen LogP contribution is 2.31. The normalized spacial score (nSPS) is 10.5. The Morgan fingerprint density at radius 1 is 1.03 bits per heavy atom. The van der Waals surface area contributed by atoms with E-state index < -0.39 is 0 Å². The van der Waals surface area contributed by atoms with Crippen LogP contribution in [0.4, 0.5) is 16.5 Å². The van der Waals surface area contributed by atoms with E-state index in [9.17, 15) is 4.79 Å². The highest BCUT2D eigenvalue weighted by Gasteiger charge is 2.10. The minimum atomic E-state index is -0.128. The third kappa shape index (κ3) is 4.92. The first-order valence-electron chi connectivity index (χ1n) is 10.0. The summed E-state index contributed by atoms with van der Waals surface area (Å²) in [4.78, 5) is 17.3. The van der Waals surface area contributed by atoms with Crippen molar-refractivity contribution in [3.63, 3.8) is 0 Å². The number of carbonyl (C=O) groups is 1. The number of para-hydroxylation sites is 2. The Labute approximate surface area is 185 Å². The molecule has 0 radical (unpaired) electrons. The van der Waals surface area contributed by atoms with E-state index in [0.29, 0.717) is 5.56 Å². The van der Waals surface area contributed by atoms with Gasteiger partial charge in [-0.1, -0.05) is 43.3 Å². The molecule has 0 bridgehead atoms. The summed E-state index contributed by atoms with van der Waals surface area (Å²) in [5.41, 5.74) is 5.21. The lowest BCUT2D eigenvalue weighted by atomic mass is 10.1. The summed E-state index contributed by atoms with van der Waals surface area (Å²) in [6, 6.07) is 23.1. The summed E-state index contributed by atoms with van der Waals surface area (Å²) in [5.74, 6) is 0.632. The Morgan fingerprint density at radius 2 is 1.84 bits per heavy atom. The van der Waals surface area contributed by atoms with Crippen molar-refractivity contribution in [1.82, 2.24) is 4.98 Å². The zero-order valence-electron chi connectivity index (χ0n) is 17.4. The Hall–Kier alpha value is -3.64. The van der Waals surface area contributed by atoms with Crippen molar-refractivity contribution in [2.45, 2.75) is 13.3 Å². The molecule has 1 aromatic heterocycles. The number of carbonyl (C=O) groups excluding carboxylic acids is 1. The smallest absolute Gasteiger partial charge is 0.255 e. The van der Waals surface area contributed by atoms with Gasteiger partial charge in [-0.05, 0) is 48.4 Å². The van der Waals surface area contributed by atoms with Gasteiger partial charge >= 0.3 is 0 Å². The molecule has 0 unspecified atom stereocenters. The number of benzene rings is 3. The second-order valence-electron chi connectivity index (χ2n) is 6.95. The number of ether oxygens (including phenoxy) is 1. The lowest BCUT2D eigenvalue weighted by Gasteiger charge is -2.08. The summed E-state index contributed by atoms with van der Waals surface area (Å²) >= 11 is 1.51. The highest BCUT2D eigenvalue weighted by atomic mass is 32.1. The van der Waals surface area contributed by atoms with Crippen LogP contribution < -0.4 is 15.4 Å². The lowest BCUT2D eigenvalue weighted by Crippen LogP contribution is -2.11. The maximum Gasteiger partial charge on any atom is 0.255 e. The first kappa shape index (κ1) is 20.6. The van der Waals surface area contributed by atoms with Gasteiger partial charge in [0.05, 0.1) is 18.5 Å². The summed E-state index contributed by atoms with van der Waals surface area (Å²) in [6.07, 6.45) is 0.950. The van der Waals surface area contributed by atoms with Crippen molar-refractivity contribution in [2.24, 2.45) is 0 Å². The second-order valence-corrected chi connectivity index (χ2v) is 7.81. The van der Waals surface area contributed by atoms with Crippen LogP contribution in [0.15, 0.2) is 78.2 Å². The van der Waals surface area contributed by atoms with Crippen LogP contribution in [0.3, 0.4) is 0 Å². The number of rotatable bonds is 7. The monoisotopic (exact) mass is 429 g/mol. The molecule has 5 nitrogen and oxygen atoms in total. The Kier molecular flexibility index (Phi) is 6.29. The second kappa shape index (κ2) is 9.45. The molecule has 156 valence electrons. The van der Waals surface area contributed by atoms with Crippen molar-refractivity contribution in [2.75, 3.05) is 17.7 Å². The summed E-state index contributed by atoms with van der Waals surface area (Å²) in [5, 5.41) is 9.03. The van der Waals surface area contributed by atoms with E-state index in [1.54, 1.807) is 7.11 Å². The zero-order chi connectivity index (χ0) is 21.6. The standard InChI is InChI=1S/C25H23N3O2S/c1-3-17-11-13-18(14-12-17)24(29)26-20-8-6-7-19(15-20)22-16-31-25(28-22)27-21-9-4-5-10-23(21)30-2/h4-16H,3H2,1-2H3,(H,26,29)(H,27,28). The number of thiazole rings is 1. The Balaban J connectivity index is 1.48. The first-order chi connectivity index (χ1) is 15.2. The number of hydrogen-bond acceptors (Lipinski definition) is 5. The van der Waals surface area contributed by atoms with E-state index in [1.807, 2.05) is 78.2 Å². The molecule has 0 atom stereocenters. The van der Waals surface area contributed by atoms with Gasteiger partial charge < -0.3 is 15.4 Å². The van der Waals surface area contributed by atoms with Crippen LogP contribution >= 0.6 is 11.3 Å². The molecule has 0 aliphatic heterocycles. The van der Waals surface area contributed by atoms with E-state index in [0.717, 1.165) is 39.9 Å². The molecule has 4 rings (SSSR count). The fourth-order valence-electron chi connectivity index (χ4n) is 3.18. The molecule has 0 aliphatic rings. The van der Waals surface area contributed by atoms with Gasteiger partial charge in [0.1, 0.15) is 5.75 Å². The van der Waals surface area contributed by atoms with Gasteiger partial charge in [-0.2, -0.15) is 0 Å². The quantitative estimate of drug-likeness (QED) is 0.358. The van der Waals surface area contributed by atoms with Gasteiger partial charge in [-0.25, -0.2) is 4.98 Å². The largest absolute Gasteiger partial charge is 0.495 e. The third-order valence-corrected chi connectivity index (χ3v) is 5.65. The average molecular weight is 430 g/mol. The molecule has 0 fully saturated rings. The predicted molar refractivity (Wildman–Crippen MR) is 128 cm³/mol. The van der Waals surface area contributed by atoms with Crippen LogP contribution in [0.5, 0.6) is 5.75 Å². The van der Waals surface area contributed by atoms with Crippen LogP contribution in [-0.4, -0.2) is 18.0 Å². The summed E-state index contributed by atoms with van der Waals surface area (Å²) in [6.45, 7) is 2.09. The fraction of sp³-hybridized carbons (Fsp3) is 0.120. The summed E-state index contributed by atoms with van der Waals surface area (Å²) in [7, 11) is 1.64. The van der Waals surface area contributed by atoms with Gasteiger partial charge in [0.15, 0.2) is 5.13 Å². The fourth-order valence-corrected chi connectivity index (χ4v) is 3.91. The van der Waals surface area contributed by atoms with E-state index in [2.05, 4.69) is 22.5 Å². The lowest BCUT2D eigenvalue weighted by molar-refractivity contribution is 0.102. The molecule has 0 saturated heterocycles. The molecular weight excluding hydrogens is 406 g/mol. The summed E-state index contributed by atoms with van der Waals surface area (Å²) < 4.78 is 5.39. The number of methoxy groups -OCH3 is 1. The number of nitrogens with zero attached hydrogens (tertiary/aromatic N) is 1. The molecule has 0 spiro atoms. The molecule has 1 heterocycles. The molecule has 4 aromatic rings. The van der Waals surface area contributed by atoms with Crippen LogP contribution in [0.25, 0.3) is 11.3 Å². The van der Waals surface area contributed by atoms with Crippen molar-refractivity contribution in [1.29, 1.82) is 0 Å². The maximum atomic E-state index is 12.6. The van der Waals surface area contributed by atoms with E-state index in [1.165, 1.54) is 16.9 Å². The maximum absolute atomic E-state index is 12.6. The van der Waals surface area contributed by atoms with E-state index in [-0.39, 0.29) is 5.91 Å². The molecule has 2 N–H and O–H groups in total. The van der Waals surface area contributed by atoms with Crippen LogP contribution in [0.2, 0.25) is 0 Å². The number of aromatic nitrogens is 1. The molecule has 0 aliphatic carbocycles. The minimum absolute atomic E-state index is 0.128. The molecule has 6 heteroatoms. The van der Waals surface area contributed by atoms with Crippen molar-refractivity contribution >= 4 is 33.8 Å². The Bertz CT molecular complexity index is 1190. The van der Waals surface area contributed by atoms with Gasteiger partial charge in [-0.3, -0.25) is 4.79 Å². The highest BCUT2D eigenvalue weighted by molar-refractivity contribution is 7.14. The van der Waals surface area contributed by atoms with Crippen molar-refractivity contribution < 1.29 is 9.53 Å². The number of nitrogens with one attached hydrogen (secondary N) is 2. The van der Waals surface area contributed by atoms with Gasteiger partial charge in [-0.15, -0.1) is 11.3 Å². The van der Waals surface area contributed by atoms with Crippen molar-refractivity contribution in [3.8, 4) is 17.0 Å². The number of aryl methyl sites for hydroxylation is 1. The minimum Gasteiger partial charge on any atom is -0.495 e. The van der Waals surface area contributed by atoms with Crippen LogP contribution in [-0.2, 0) is 6.42 Å². The zero-order valence-corrected chi connectivity index (χ0v) is 18.2. The molecule has 31 heavy (non-hydrogen) atoms. The molecule has 0 saturated carbocycles. The SMILES string of the molecule is CCc1ccc(C(=O)Nc2cccc(-c3csc(Nc4ccccc4OC)n3)c2)cc1. The molecule has 3 aromatic carbocycles. The number of anilines is 3. The van der Waals surface area contributed by atoms with Crippen molar-refractivity contribution in [3.05, 3.63) is 89.3 Å². The van der Waals surface area contributed by atoms with Crippen LogP contribution in [0.1, 0.15) is 22.8 Å². The topological polar surface area (TPSA) is 63.2 Å². The van der Waals surface area contributed by atoms with E-state index >= 15 is 0 Å².